The molecule has 4 rings (SSSR count). The molecule has 0 radical (unpaired) electrons. The Hall–Kier alpha value is -2.89. The van der Waals surface area contributed by atoms with Crippen LogP contribution in [0.25, 0.3) is 11.0 Å². The van der Waals surface area contributed by atoms with Gasteiger partial charge in [0.05, 0.1) is 12.5 Å². The minimum atomic E-state index is 0.176. The van der Waals surface area contributed by atoms with Crippen molar-refractivity contribution in [1.29, 1.82) is 0 Å². The van der Waals surface area contributed by atoms with Crippen LogP contribution in [-0.2, 0) is 24.7 Å². The summed E-state index contributed by atoms with van der Waals surface area (Å²) in [7, 11) is 3.50. The number of nitrogens with zero attached hydrogens (tertiary/aromatic N) is 4. The van der Waals surface area contributed by atoms with Crippen molar-refractivity contribution in [2.24, 2.45) is 7.05 Å². The van der Waals surface area contributed by atoms with Crippen molar-refractivity contribution < 1.29 is 9.53 Å². The summed E-state index contributed by atoms with van der Waals surface area (Å²) in [6, 6.07) is 6.57. The quantitative estimate of drug-likeness (QED) is 0.604. The van der Waals surface area contributed by atoms with Crippen LogP contribution in [0.5, 0.6) is 5.88 Å². The van der Waals surface area contributed by atoms with Crippen molar-refractivity contribution in [3.8, 4) is 5.88 Å². The fourth-order valence-corrected chi connectivity index (χ4v) is 4.71. The lowest BCUT2D eigenvalue weighted by Gasteiger charge is -2.30. The molecule has 0 saturated heterocycles. The SMILES string of the molecule is COc1nn(C)c2nc(C)c(CCC(=O)N3CCCc4cc(C(C)C)ccc43)c(C)c12. The van der Waals surface area contributed by atoms with Crippen LogP contribution in [0.2, 0.25) is 0 Å². The van der Waals surface area contributed by atoms with Crippen LogP contribution in [-0.4, -0.2) is 34.3 Å². The van der Waals surface area contributed by atoms with E-state index in [-0.39, 0.29) is 5.91 Å². The topological polar surface area (TPSA) is 60.2 Å². The van der Waals surface area contributed by atoms with E-state index in [1.807, 2.05) is 18.9 Å². The van der Waals surface area contributed by atoms with Gasteiger partial charge in [-0.3, -0.25) is 4.79 Å². The number of benzene rings is 1. The number of aryl methyl sites for hydroxylation is 4. The highest BCUT2D eigenvalue weighted by Crippen LogP contribution is 2.33. The van der Waals surface area contributed by atoms with Crippen molar-refractivity contribution in [3.63, 3.8) is 0 Å². The molecule has 1 amide bonds. The summed E-state index contributed by atoms with van der Waals surface area (Å²) >= 11 is 0. The molecule has 0 N–H and O–H groups in total. The van der Waals surface area contributed by atoms with E-state index in [0.29, 0.717) is 24.6 Å². The number of carbonyl (C=O) groups excluding carboxylic acids is 1. The lowest BCUT2D eigenvalue weighted by atomic mass is 9.94. The van der Waals surface area contributed by atoms with E-state index in [4.69, 9.17) is 9.72 Å². The summed E-state index contributed by atoms with van der Waals surface area (Å²) in [6.45, 7) is 9.29. The van der Waals surface area contributed by atoms with Gasteiger partial charge >= 0.3 is 0 Å². The maximum atomic E-state index is 13.2. The first-order chi connectivity index (χ1) is 14.8. The Morgan fingerprint density at radius 2 is 2.03 bits per heavy atom. The fraction of sp³-hybridized carbons (Fsp3) is 0.480. The zero-order valence-electron chi connectivity index (χ0n) is 19.5. The normalized spacial score (nSPS) is 13.7. The number of anilines is 1. The molecule has 0 fully saturated rings. The Labute approximate surface area is 184 Å². The molecule has 31 heavy (non-hydrogen) atoms. The highest BCUT2D eigenvalue weighted by atomic mass is 16.5. The van der Waals surface area contributed by atoms with Crippen molar-refractivity contribution in [3.05, 3.63) is 46.1 Å². The van der Waals surface area contributed by atoms with Crippen molar-refractivity contribution in [1.82, 2.24) is 14.8 Å². The van der Waals surface area contributed by atoms with E-state index >= 15 is 0 Å². The van der Waals surface area contributed by atoms with Crippen LogP contribution >= 0.6 is 0 Å². The van der Waals surface area contributed by atoms with Gasteiger partial charge < -0.3 is 9.64 Å². The number of aromatic nitrogens is 3. The van der Waals surface area contributed by atoms with Gasteiger partial charge in [-0.1, -0.05) is 26.0 Å². The first-order valence-electron chi connectivity index (χ1n) is 11.1. The van der Waals surface area contributed by atoms with E-state index < -0.39 is 0 Å². The third kappa shape index (κ3) is 3.80. The molecule has 0 bridgehead atoms. The van der Waals surface area contributed by atoms with Crippen molar-refractivity contribution >= 4 is 22.6 Å². The zero-order chi connectivity index (χ0) is 22.3. The van der Waals surface area contributed by atoms with Crippen LogP contribution in [0.1, 0.15) is 60.6 Å². The number of carbonyl (C=O) groups is 1. The average molecular weight is 421 g/mol. The number of hydrogen-bond acceptors (Lipinski definition) is 4. The predicted molar refractivity (Wildman–Crippen MR) is 124 cm³/mol. The van der Waals surface area contributed by atoms with Gasteiger partial charge in [0.15, 0.2) is 5.65 Å². The van der Waals surface area contributed by atoms with E-state index in [9.17, 15) is 4.79 Å². The molecule has 1 aliphatic rings. The standard InChI is InChI=1S/C25H32N4O2/c1-15(2)18-9-11-21-19(14-18)8-7-13-29(21)22(30)12-10-20-16(3)23-24(26-17(20)4)28(5)27-25(23)31-6/h9,11,14-15H,7-8,10,12-13H2,1-6H3. The second kappa shape index (κ2) is 8.33. The van der Waals surface area contributed by atoms with Gasteiger partial charge in [-0.15, -0.1) is 5.10 Å². The molecule has 1 aliphatic heterocycles. The summed E-state index contributed by atoms with van der Waals surface area (Å²) in [4.78, 5) is 20.0. The molecule has 3 aromatic rings. The molecular formula is C25H32N4O2. The maximum absolute atomic E-state index is 13.2. The third-order valence-electron chi connectivity index (χ3n) is 6.49. The number of methoxy groups -OCH3 is 1. The molecule has 0 atom stereocenters. The van der Waals surface area contributed by atoms with E-state index in [1.54, 1.807) is 11.8 Å². The Kier molecular flexibility index (Phi) is 5.73. The molecule has 0 unspecified atom stereocenters. The first kappa shape index (κ1) is 21.3. The van der Waals surface area contributed by atoms with E-state index in [2.05, 4.69) is 44.1 Å². The molecule has 0 saturated carbocycles. The van der Waals surface area contributed by atoms with Crippen LogP contribution in [0, 0.1) is 13.8 Å². The zero-order valence-corrected chi connectivity index (χ0v) is 19.5. The smallest absolute Gasteiger partial charge is 0.242 e. The Balaban J connectivity index is 1.58. The van der Waals surface area contributed by atoms with Gasteiger partial charge in [-0.2, -0.15) is 0 Å². The number of hydrogen-bond donors (Lipinski definition) is 0. The van der Waals surface area contributed by atoms with Crippen LogP contribution in [0.15, 0.2) is 18.2 Å². The van der Waals surface area contributed by atoms with Gasteiger partial charge in [0, 0.05) is 31.4 Å². The predicted octanol–water partition coefficient (Wildman–Crippen LogP) is 4.63. The summed E-state index contributed by atoms with van der Waals surface area (Å²) in [5.41, 5.74) is 7.68. The van der Waals surface area contributed by atoms with Gasteiger partial charge in [0.25, 0.3) is 0 Å². The Morgan fingerprint density at radius 3 is 2.74 bits per heavy atom. The lowest BCUT2D eigenvalue weighted by Crippen LogP contribution is -2.35. The minimum absolute atomic E-state index is 0.176. The monoisotopic (exact) mass is 420 g/mol. The van der Waals surface area contributed by atoms with Gasteiger partial charge in [0.1, 0.15) is 0 Å². The van der Waals surface area contributed by atoms with Gasteiger partial charge in [0.2, 0.25) is 11.8 Å². The highest BCUT2D eigenvalue weighted by molar-refractivity contribution is 5.95. The number of rotatable bonds is 5. The molecule has 0 spiro atoms. The number of fused-ring (bicyclic) bond motifs is 2. The molecule has 6 heteroatoms. The lowest BCUT2D eigenvalue weighted by molar-refractivity contribution is -0.118. The highest BCUT2D eigenvalue weighted by Gasteiger charge is 2.24. The van der Waals surface area contributed by atoms with Gasteiger partial charge in [-0.25, -0.2) is 9.67 Å². The summed E-state index contributed by atoms with van der Waals surface area (Å²) < 4.78 is 7.21. The van der Waals surface area contributed by atoms with Crippen molar-refractivity contribution in [2.75, 3.05) is 18.6 Å². The maximum Gasteiger partial charge on any atom is 0.242 e. The molecule has 2 aromatic heterocycles. The molecule has 1 aromatic carbocycles. The Bertz CT molecular complexity index is 1150. The third-order valence-corrected chi connectivity index (χ3v) is 6.49. The van der Waals surface area contributed by atoms with E-state index in [1.165, 1.54) is 11.1 Å². The number of ether oxygens (including phenoxy) is 1. The summed E-state index contributed by atoms with van der Waals surface area (Å²) in [6.07, 6.45) is 3.17. The second-order valence-electron chi connectivity index (χ2n) is 8.82. The number of pyridine rings is 1. The largest absolute Gasteiger partial charge is 0.479 e. The Morgan fingerprint density at radius 1 is 1.26 bits per heavy atom. The van der Waals surface area contributed by atoms with Crippen molar-refractivity contribution in [2.45, 2.75) is 59.3 Å². The summed E-state index contributed by atoms with van der Waals surface area (Å²) in [5, 5.41) is 5.35. The van der Waals surface area contributed by atoms with Gasteiger partial charge in [-0.05, 0) is 67.3 Å². The molecule has 6 nitrogen and oxygen atoms in total. The molecule has 0 aliphatic carbocycles. The molecule has 164 valence electrons. The second-order valence-corrected chi connectivity index (χ2v) is 8.82. The first-order valence-corrected chi connectivity index (χ1v) is 11.1. The summed E-state index contributed by atoms with van der Waals surface area (Å²) in [5.74, 6) is 1.26. The van der Waals surface area contributed by atoms with E-state index in [0.717, 1.165) is 52.9 Å². The number of amides is 1. The average Bonchev–Trinajstić information content (AvgIpc) is 3.08. The van der Waals surface area contributed by atoms with Crippen LogP contribution in [0.4, 0.5) is 5.69 Å². The molecule has 3 heterocycles. The van der Waals surface area contributed by atoms with Crippen LogP contribution < -0.4 is 9.64 Å². The fourth-order valence-electron chi connectivity index (χ4n) is 4.71. The minimum Gasteiger partial charge on any atom is -0.479 e. The molecular weight excluding hydrogens is 388 g/mol. The van der Waals surface area contributed by atoms with Crippen LogP contribution in [0.3, 0.4) is 0 Å².